The van der Waals surface area contributed by atoms with E-state index in [1.165, 1.54) is 0 Å². The minimum Gasteiger partial charge on any atom is -0.497 e. The van der Waals surface area contributed by atoms with Crippen LogP contribution >= 0.6 is 0 Å². The molecule has 0 spiro atoms. The van der Waals surface area contributed by atoms with Gasteiger partial charge >= 0.3 is 0 Å². The van der Waals surface area contributed by atoms with Gasteiger partial charge in [-0.1, -0.05) is 18.2 Å². The third kappa shape index (κ3) is 3.45. The lowest BCUT2D eigenvalue weighted by molar-refractivity contribution is -0.121. The maximum absolute atomic E-state index is 12.5. The number of carbonyl (C=O) groups is 1. The second kappa shape index (κ2) is 7.25. The summed E-state index contributed by atoms with van der Waals surface area (Å²) in [6.07, 6.45) is 0.998. The Morgan fingerprint density at radius 1 is 1.21 bits per heavy atom. The molecule has 1 atom stereocenters. The van der Waals surface area contributed by atoms with Crippen LogP contribution in [0.2, 0.25) is 0 Å². The molecule has 1 unspecified atom stereocenters. The van der Waals surface area contributed by atoms with Crippen molar-refractivity contribution >= 4 is 5.91 Å². The zero-order chi connectivity index (χ0) is 16.9. The number of fused-ring (bicyclic) bond motifs is 1. The molecule has 126 valence electrons. The molecule has 1 heterocycles. The van der Waals surface area contributed by atoms with Gasteiger partial charge in [-0.15, -0.1) is 0 Å². The van der Waals surface area contributed by atoms with E-state index in [9.17, 15) is 4.79 Å². The molecular formula is C19H21NO4. The van der Waals surface area contributed by atoms with Gasteiger partial charge in [0, 0.05) is 17.5 Å². The lowest BCUT2D eigenvalue weighted by Crippen LogP contribution is -2.33. The first kappa shape index (κ1) is 16.2. The van der Waals surface area contributed by atoms with Crippen molar-refractivity contribution in [2.45, 2.75) is 18.9 Å². The number of hydrogen-bond donors (Lipinski definition) is 1. The summed E-state index contributed by atoms with van der Waals surface area (Å²) in [7, 11) is 3.20. The average Bonchev–Trinajstić information content (AvgIpc) is 2.62. The molecule has 0 aromatic heterocycles. The number of nitrogens with one attached hydrogen (secondary N) is 1. The fourth-order valence-corrected chi connectivity index (χ4v) is 2.93. The highest BCUT2D eigenvalue weighted by Gasteiger charge is 2.23. The van der Waals surface area contributed by atoms with Crippen LogP contribution in [0, 0.1) is 0 Å². The number of benzene rings is 2. The number of carbonyl (C=O) groups excluding carboxylic acids is 1. The Morgan fingerprint density at radius 2 is 2.04 bits per heavy atom. The van der Waals surface area contributed by atoms with Crippen molar-refractivity contribution in [3.05, 3.63) is 53.6 Å². The van der Waals surface area contributed by atoms with Crippen molar-refractivity contribution in [3.63, 3.8) is 0 Å². The summed E-state index contributed by atoms with van der Waals surface area (Å²) in [4.78, 5) is 12.5. The van der Waals surface area contributed by atoms with E-state index < -0.39 is 0 Å². The third-order valence-electron chi connectivity index (χ3n) is 4.13. The average molecular weight is 327 g/mol. The molecule has 0 saturated heterocycles. The monoisotopic (exact) mass is 327 g/mol. The maximum atomic E-state index is 12.5. The van der Waals surface area contributed by atoms with Crippen molar-refractivity contribution in [2.24, 2.45) is 0 Å². The fraction of sp³-hybridized carbons (Fsp3) is 0.316. The van der Waals surface area contributed by atoms with Crippen LogP contribution in [-0.2, 0) is 11.2 Å². The van der Waals surface area contributed by atoms with Gasteiger partial charge in [0.2, 0.25) is 5.91 Å². The van der Waals surface area contributed by atoms with E-state index in [-0.39, 0.29) is 18.4 Å². The molecule has 1 N–H and O–H groups in total. The van der Waals surface area contributed by atoms with Crippen molar-refractivity contribution in [3.8, 4) is 17.2 Å². The van der Waals surface area contributed by atoms with E-state index in [2.05, 4.69) is 5.32 Å². The fourth-order valence-electron chi connectivity index (χ4n) is 2.93. The minimum atomic E-state index is -0.0525. The predicted octanol–water partition coefficient (Wildman–Crippen LogP) is 2.89. The molecule has 2 aromatic rings. The number of hydrogen-bond acceptors (Lipinski definition) is 4. The highest BCUT2D eigenvalue weighted by molar-refractivity contribution is 5.80. The molecule has 1 amide bonds. The van der Waals surface area contributed by atoms with E-state index in [1.54, 1.807) is 14.2 Å². The summed E-state index contributed by atoms with van der Waals surface area (Å²) in [5.41, 5.74) is 1.82. The van der Waals surface area contributed by atoms with Crippen LogP contribution < -0.4 is 19.5 Å². The Bertz CT molecular complexity index is 729. The Morgan fingerprint density at radius 3 is 2.83 bits per heavy atom. The highest BCUT2D eigenvalue weighted by atomic mass is 16.5. The van der Waals surface area contributed by atoms with Gasteiger partial charge in [0.05, 0.1) is 33.3 Å². The Kier molecular flexibility index (Phi) is 4.89. The number of rotatable bonds is 5. The Balaban J connectivity index is 1.73. The first-order chi connectivity index (χ1) is 11.7. The van der Waals surface area contributed by atoms with E-state index >= 15 is 0 Å². The van der Waals surface area contributed by atoms with Gasteiger partial charge in [-0.25, -0.2) is 0 Å². The second-order valence-corrected chi connectivity index (χ2v) is 5.65. The van der Waals surface area contributed by atoms with E-state index in [0.717, 1.165) is 23.3 Å². The van der Waals surface area contributed by atoms with Crippen LogP contribution in [0.25, 0.3) is 0 Å². The summed E-state index contributed by atoms with van der Waals surface area (Å²) < 4.78 is 16.2. The second-order valence-electron chi connectivity index (χ2n) is 5.65. The molecule has 2 aromatic carbocycles. The smallest absolute Gasteiger partial charge is 0.225 e. The number of ether oxygens (including phenoxy) is 3. The van der Waals surface area contributed by atoms with Crippen LogP contribution in [0.1, 0.15) is 23.6 Å². The molecule has 0 aliphatic carbocycles. The maximum Gasteiger partial charge on any atom is 0.225 e. The van der Waals surface area contributed by atoms with Crippen molar-refractivity contribution in [2.75, 3.05) is 20.8 Å². The topological polar surface area (TPSA) is 56.8 Å². The van der Waals surface area contributed by atoms with Crippen LogP contribution in [0.5, 0.6) is 17.2 Å². The summed E-state index contributed by atoms with van der Waals surface area (Å²) in [6.45, 7) is 0.602. The quantitative estimate of drug-likeness (QED) is 0.917. The van der Waals surface area contributed by atoms with Crippen molar-refractivity contribution in [1.29, 1.82) is 0 Å². The van der Waals surface area contributed by atoms with Gasteiger partial charge in [0.15, 0.2) is 0 Å². The Labute approximate surface area is 141 Å². The summed E-state index contributed by atoms with van der Waals surface area (Å²) in [5.74, 6) is 2.17. The van der Waals surface area contributed by atoms with Crippen LogP contribution in [0.3, 0.4) is 0 Å². The van der Waals surface area contributed by atoms with Crippen molar-refractivity contribution < 1.29 is 19.0 Å². The SMILES string of the molecule is COc1ccc(OC)c(CC(=O)NC2CCOc3ccccc32)c1. The third-order valence-corrected chi connectivity index (χ3v) is 4.13. The molecule has 1 aliphatic rings. The molecule has 0 fully saturated rings. The first-order valence-electron chi connectivity index (χ1n) is 7.93. The summed E-state index contributed by atoms with van der Waals surface area (Å²) in [5, 5.41) is 3.10. The van der Waals surface area contributed by atoms with Crippen LogP contribution in [0.4, 0.5) is 0 Å². The number of methoxy groups -OCH3 is 2. The molecule has 5 heteroatoms. The van der Waals surface area contributed by atoms with E-state index in [1.807, 2.05) is 42.5 Å². The van der Waals surface area contributed by atoms with Gasteiger partial charge in [-0.3, -0.25) is 4.79 Å². The number of amides is 1. The zero-order valence-electron chi connectivity index (χ0n) is 13.9. The minimum absolute atomic E-state index is 0.0287. The van der Waals surface area contributed by atoms with E-state index in [0.29, 0.717) is 18.1 Å². The van der Waals surface area contributed by atoms with Gasteiger partial charge in [0.25, 0.3) is 0 Å². The standard InChI is InChI=1S/C19H21NO4/c1-22-14-7-8-17(23-2)13(11-14)12-19(21)20-16-9-10-24-18-6-4-3-5-15(16)18/h3-8,11,16H,9-10,12H2,1-2H3,(H,20,21). The van der Waals surface area contributed by atoms with Gasteiger partial charge in [-0.2, -0.15) is 0 Å². The first-order valence-corrected chi connectivity index (χ1v) is 7.93. The van der Waals surface area contributed by atoms with Crippen molar-refractivity contribution in [1.82, 2.24) is 5.32 Å². The zero-order valence-corrected chi connectivity index (χ0v) is 13.9. The Hall–Kier alpha value is -2.69. The largest absolute Gasteiger partial charge is 0.497 e. The lowest BCUT2D eigenvalue weighted by atomic mass is 10.00. The number of para-hydroxylation sites is 1. The summed E-state index contributed by atoms with van der Waals surface area (Å²) in [6, 6.07) is 13.2. The van der Waals surface area contributed by atoms with Gasteiger partial charge < -0.3 is 19.5 Å². The van der Waals surface area contributed by atoms with Gasteiger partial charge in [0.1, 0.15) is 17.2 Å². The molecule has 0 saturated carbocycles. The van der Waals surface area contributed by atoms with Crippen LogP contribution in [-0.4, -0.2) is 26.7 Å². The molecule has 0 radical (unpaired) electrons. The molecule has 0 bridgehead atoms. The molecule has 5 nitrogen and oxygen atoms in total. The molecule has 24 heavy (non-hydrogen) atoms. The molecule has 3 rings (SSSR count). The summed E-state index contributed by atoms with van der Waals surface area (Å²) >= 11 is 0. The normalized spacial score (nSPS) is 15.8. The van der Waals surface area contributed by atoms with E-state index in [4.69, 9.17) is 14.2 Å². The lowest BCUT2D eigenvalue weighted by Gasteiger charge is -2.26. The van der Waals surface area contributed by atoms with Gasteiger partial charge in [-0.05, 0) is 24.3 Å². The molecule has 1 aliphatic heterocycles. The molecular weight excluding hydrogens is 306 g/mol. The van der Waals surface area contributed by atoms with Crippen LogP contribution in [0.15, 0.2) is 42.5 Å². The predicted molar refractivity (Wildman–Crippen MR) is 90.7 cm³/mol. The highest BCUT2D eigenvalue weighted by Crippen LogP contribution is 2.32.